The van der Waals surface area contributed by atoms with Gasteiger partial charge in [0, 0.05) is 19.6 Å². The zero-order valence-electron chi connectivity index (χ0n) is 11.0. The number of hydrogen-bond acceptors (Lipinski definition) is 3. The van der Waals surface area contributed by atoms with E-state index in [0.717, 1.165) is 13.1 Å². The van der Waals surface area contributed by atoms with Crippen molar-refractivity contribution in [2.75, 3.05) is 32.8 Å². The van der Waals surface area contributed by atoms with Crippen LogP contribution in [-0.4, -0.2) is 43.6 Å². The van der Waals surface area contributed by atoms with Crippen LogP contribution in [0.5, 0.6) is 0 Å². The number of rotatable bonds is 5. The molecule has 1 aliphatic heterocycles. The predicted octanol–water partition coefficient (Wildman–Crippen LogP) is 1.36. The minimum Gasteiger partial charge on any atom is -0.371 e. The van der Waals surface area contributed by atoms with E-state index in [9.17, 15) is 4.79 Å². The maximum absolute atomic E-state index is 11.7. The largest absolute Gasteiger partial charge is 0.371 e. The summed E-state index contributed by atoms with van der Waals surface area (Å²) >= 11 is 0. The molecule has 0 saturated carbocycles. The Balaban J connectivity index is 1.87. The zero-order chi connectivity index (χ0) is 13.5. The van der Waals surface area contributed by atoms with Gasteiger partial charge in [-0.3, -0.25) is 9.69 Å². The Morgan fingerprint density at radius 2 is 2.26 bits per heavy atom. The Morgan fingerprint density at radius 3 is 3.00 bits per heavy atom. The van der Waals surface area contributed by atoms with Crippen LogP contribution in [-0.2, 0) is 9.53 Å². The second kappa shape index (κ2) is 7.07. The van der Waals surface area contributed by atoms with Crippen molar-refractivity contribution in [3.8, 4) is 0 Å². The van der Waals surface area contributed by atoms with Gasteiger partial charge in [0.1, 0.15) is 0 Å². The van der Waals surface area contributed by atoms with Crippen LogP contribution in [0.3, 0.4) is 0 Å². The van der Waals surface area contributed by atoms with Gasteiger partial charge < -0.3 is 10.1 Å². The lowest BCUT2D eigenvalue weighted by Crippen LogP contribution is -2.44. The van der Waals surface area contributed by atoms with E-state index in [4.69, 9.17) is 4.74 Å². The van der Waals surface area contributed by atoms with Gasteiger partial charge in [-0.1, -0.05) is 36.4 Å². The number of morpholine rings is 1. The van der Waals surface area contributed by atoms with Crippen molar-refractivity contribution in [2.24, 2.45) is 0 Å². The molecule has 1 fully saturated rings. The maximum atomic E-state index is 11.7. The molecule has 1 heterocycles. The van der Waals surface area contributed by atoms with Crippen LogP contribution in [0, 0.1) is 0 Å². The van der Waals surface area contributed by atoms with E-state index in [-0.39, 0.29) is 12.0 Å². The van der Waals surface area contributed by atoms with Crippen LogP contribution in [0.4, 0.5) is 0 Å². The first-order valence-corrected chi connectivity index (χ1v) is 6.56. The lowest BCUT2D eigenvalue weighted by molar-refractivity contribution is -0.124. The number of hydrogen-bond donors (Lipinski definition) is 1. The molecule has 0 aliphatic carbocycles. The number of nitrogens with zero attached hydrogens (tertiary/aromatic N) is 1. The van der Waals surface area contributed by atoms with Gasteiger partial charge in [-0.2, -0.15) is 0 Å². The molecule has 102 valence electrons. The first-order chi connectivity index (χ1) is 9.29. The molecule has 1 aliphatic rings. The molecule has 4 heteroatoms. The third-order valence-electron chi connectivity index (χ3n) is 3.13. The number of nitrogens with one attached hydrogen (secondary N) is 1. The Kier molecular flexibility index (Phi) is 5.12. The van der Waals surface area contributed by atoms with E-state index in [1.807, 2.05) is 18.2 Å². The van der Waals surface area contributed by atoms with E-state index in [1.54, 1.807) is 6.08 Å². The fourth-order valence-electron chi connectivity index (χ4n) is 2.16. The molecule has 1 N–H and O–H groups in total. The van der Waals surface area contributed by atoms with Gasteiger partial charge in [0.05, 0.1) is 19.3 Å². The summed E-state index contributed by atoms with van der Waals surface area (Å²) < 4.78 is 5.77. The zero-order valence-corrected chi connectivity index (χ0v) is 11.0. The highest BCUT2D eigenvalue weighted by molar-refractivity contribution is 5.78. The molecule has 2 rings (SSSR count). The molecule has 0 unspecified atom stereocenters. The minimum absolute atomic E-state index is 0.0358. The molecule has 4 nitrogen and oxygen atoms in total. The van der Waals surface area contributed by atoms with Crippen LogP contribution in [0.1, 0.15) is 11.7 Å². The summed E-state index contributed by atoms with van der Waals surface area (Å²) in [6.45, 7) is 6.73. The summed E-state index contributed by atoms with van der Waals surface area (Å²) in [5.74, 6) is 0.0358. The third kappa shape index (κ3) is 4.19. The normalized spacial score (nSPS) is 19.9. The molecule has 1 aromatic rings. The monoisotopic (exact) mass is 260 g/mol. The molecule has 0 radical (unpaired) electrons. The number of benzene rings is 1. The van der Waals surface area contributed by atoms with Crippen molar-refractivity contribution >= 4 is 5.91 Å². The molecule has 1 amide bonds. The van der Waals surface area contributed by atoms with Gasteiger partial charge in [0.2, 0.25) is 5.91 Å². The van der Waals surface area contributed by atoms with Crippen LogP contribution >= 0.6 is 0 Å². The summed E-state index contributed by atoms with van der Waals surface area (Å²) in [4.78, 5) is 13.8. The average molecular weight is 260 g/mol. The summed E-state index contributed by atoms with van der Waals surface area (Å²) in [5, 5.41) is 2.79. The molecule has 1 atom stereocenters. The van der Waals surface area contributed by atoms with Crippen molar-refractivity contribution in [1.82, 2.24) is 10.2 Å². The quantitative estimate of drug-likeness (QED) is 0.813. The molecule has 1 saturated heterocycles. The van der Waals surface area contributed by atoms with E-state index < -0.39 is 0 Å². The molecular weight excluding hydrogens is 240 g/mol. The number of amides is 1. The molecular formula is C15H20N2O2. The van der Waals surface area contributed by atoms with Gasteiger partial charge in [-0.05, 0) is 5.56 Å². The highest BCUT2D eigenvalue weighted by atomic mass is 16.5. The van der Waals surface area contributed by atoms with Gasteiger partial charge >= 0.3 is 0 Å². The topological polar surface area (TPSA) is 41.6 Å². The van der Waals surface area contributed by atoms with E-state index >= 15 is 0 Å². The molecule has 0 aromatic heterocycles. The van der Waals surface area contributed by atoms with Crippen molar-refractivity contribution in [3.05, 3.63) is 48.6 Å². The Bertz CT molecular complexity index is 419. The second-order valence-electron chi connectivity index (χ2n) is 4.60. The number of ether oxygens (including phenoxy) is 1. The number of carbonyl (C=O) groups is 1. The van der Waals surface area contributed by atoms with Gasteiger partial charge in [0.15, 0.2) is 0 Å². The van der Waals surface area contributed by atoms with Crippen LogP contribution < -0.4 is 5.32 Å². The van der Waals surface area contributed by atoms with E-state index in [2.05, 4.69) is 28.9 Å². The van der Waals surface area contributed by atoms with E-state index in [1.165, 1.54) is 5.56 Å². The Morgan fingerprint density at radius 1 is 1.47 bits per heavy atom. The van der Waals surface area contributed by atoms with Crippen molar-refractivity contribution in [1.29, 1.82) is 0 Å². The highest BCUT2D eigenvalue weighted by Gasteiger charge is 2.22. The fraction of sp³-hybridized carbons (Fsp3) is 0.400. The van der Waals surface area contributed by atoms with Crippen molar-refractivity contribution in [3.63, 3.8) is 0 Å². The number of carbonyl (C=O) groups excluding carboxylic acids is 1. The van der Waals surface area contributed by atoms with Gasteiger partial charge in [0.25, 0.3) is 0 Å². The van der Waals surface area contributed by atoms with Gasteiger partial charge in [-0.25, -0.2) is 0 Å². The van der Waals surface area contributed by atoms with E-state index in [0.29, 0.717) is 19.7 Å². The lowest BCUT2D eigenvalue weighted by Gasteiger charge is -2.32. The van der Waals surface area contributed by atoms with Crippen molar-refractivity contribution in [2.45, 2.75) is 6.10 Å². The smallest absolute Gasteiger partial charge is 0.234 e. The molecule has 1 aromatic carbocycles. The highest BCUT2D eigenvalue weighted by Crippen LogP contribution is 2.21. The van der Waals surface area contributed by atoms with Gasteiger partial charge in [-0.15, -0.1) is 6.58 Å². The van der Waals surface area contributed by atoms with Crippen LogP contribution in [0.15, 0.2) is 43.0 Å². The molecule has 0 spiro atoms. The lowest BCUT2D eigenvalue weighted by atomic mass is 10.1. The van der Waals surface area contributed by atoms with Crippen molar-refractivity contribution < 1.29 is 9.53 Å². The summed E-state index contributed by atoms with van der Waals surface area (Å²) in [6.07, 6.45) is 1.74. The fourth-order valence-corrected chi connectivity index (χ4v) is 2.16. The second-order valence-corrected chi connectivity index (χ2v) is 4.60. The predicted molar refractivity (Wildman–Crippen MR) is 74.8 cm³/mol. The molecule has 0 bridgehead atoms. The summed E-state index contributed by atoms with van der Waals surface area (Å²) in [6, 6.07) is 10.1. The first-order valence-electron chi connectivity index (χ1n) is 6.56. The molecule has 19 heavy (non-hydrogen) atoms. The standard InChI is InChI=1S/C15H20N2O2/c1-2-8-16-15(18)12-17-9-10-19-14(11-17)13-6-4-3-5-7-13/h2-7,14H,1,8-12H2,(H,16,18)/t14-/m1/s1. The Labute approximate surface area is 114 Å². The minimum atomic E-state index is 0.0358. The van der Waals surface area contributed by atoms with Crippen LogP contribution in [0.25, 0.3) is 0 Å². The Hall–Kier alpha value is -1.65. The SMILES string of the molecule is C=CCNC(=O)CN1CCO[C@@H](c2ccccc2)C1. The summed E-state index contributed by atoms with van der Waals surface area (Å²) in [7, 11) is 0. The van der Waals surface area contributed by atoms with Crippen LogP contribution in [0.2, 0.25) is 0 Å². The third-order valence-corrected chi connectivity index (χ3v) is 3.13. The maximum Gasteiger partial charge on any atom is 0.234 e. The first kappa shape index (κ1) is 13.8. The summed E-state index contributed by atoms with van der Waals surface area (Å²) in [5.41, 5.74) is 1.17. The average Bonchev–Trinajstić information content (AvgIpc) is 2.46.